The Morgan fingerprint density at radius 3 is 1.37 bits per heavy atom. The van der Waals surface area contributed by atoms with Crippen molar-refractivity contribution in [2.75, 3.05) is 0 Å². The lowest BCUT2D eigenvalue weighted by atomic mass is 9.70. The Labute approximate surface area is 205 Å². The molecule has 35 heavy (non-hydrogen) atoms. The minimum atomic E-state index is -0.304. The SMILES string of the molecule is Cc1ccc2c(c1)C1(c3cc(C)ccc3-c3c1ccc1ccccc31)c1ccc3ccccc3c1-2. The van der Waals surface area contributed by atoms with Gasteiger partial charge in [0.2, 0.25) is 0 Å². The predicted octanol–water partition coefficient (Wildman–Crippen LogP) is 8.95. The van der Waals surface area contributed by atoms with Crippen molar-refractivity contribution in [3.8, 4) is 22.3 Å². The van der Waals surface area contributed by atoms with Crippen LogP contribution in [0, 0.1) is 13.8 Å². The van der Waals surface area contributed by atoms with Gasteiger partial charge in [-0.1, -0.05) is 120 Å². The second-order valence-corrected chi connectivity index (χ2v) is 10.3. The van der Waals surface area contributed by atoms with Crippen LogP contribution in [0.3, 0.4) is 0 Å². The molecule has 8 rings (SSSR count). The van der Waals surface area contributed by atoms with Gasteiger partial charge >= 0.3 is 0 Å². The van der Waals surface area contributed by atoms with E-state index in [1.807, 2.05) is 0 Å². The van der Waals surface area contributed by atoms with Gasteiger partial charge in [0.25, 0.3) is 0 Å². The van der Waals surface area contributed by atoms with Crippen LogP contribution in [-0.4, -0.2) is 0 Å². The molecule has 0 N–H and O–H groups in total. The highest BCUT2D eigenvalue weighted by molar-refractivity contribution is 6.09. The molecule has 0 atom stereocenters. The lowest BCUT2D eigenvalue weighted by molar-refractivity contribution is 0.793. The third kappa shape index (κ3) is 2.23. The van der Waals surface area contributed by atoms with Gasteiger partial charge in [-0.05, 0) is 79.9 Å². The van der Waals surface area contributed by atoms with E-state index < -0.39 is 0 Å². The summed E-state index contributed by atoms with van der Waals surface area (Å²) in [6.45, 7) is 4.45. The lowest BCUT2D eigenvalue weighted by Crippen LogP contribution is -2.26. The zero-order valence-corrected chi connectivity index (χ0v) is 19.9. The molecular weight excluding hydrogens is 420 g/mol. The zero-order chi connectivity index (χ0) is 23.3. The minimum absolute atomic E-state index is 0.304. The third-order valence-electron chi connectivity index (χ3n) is 8.36. The maximum Gasteiger partial charge on any atom is 0.0726 e. The molecule has 0 amide bonds. The highest BCUT2D eigenvalue weighted by Gasteiger charge is 2.52. The van der Waals surface area contributed by atoms with Gasteiger partial charge in [0.15, 0.2) is 0 Å². The quantitative estimate of drug-likeness (QED) is 0.219. The Kier molecular flexibility index (Phi) is 3.56. The number of fused-ring (bicyclic) bond motifs is 14. The number of hydrogen-bond acceptors (Lipinski definition) is 0. The summed E-state index contributed by atoms with van der Waals surface area (Å²) in [6.07, 6.45) is 0. The fourth-order valence-corrected chi connectivity index (χ4v) is 6.99. The molecule has 0 nitrogen and oxygen atoms in total. The average Bonchev–Trinajstić information content (AvgIpc) is 3.35. The van der Waals surface area contributed by atoms with Crippen molar-refractivity contribution in [3.63, 3.8) is 0 Å². The van der Waals surface area contributed by atoms with E-state index in [1.54, 1.807) is 0 Å². The highest BCUT2D eigenvalue weighted by Crippen LogP contribution is 2.64. The van der Waals surface area contributed by atoms with Crippen LogP contribution in [0.25, 0.3) is 43.8 Å². The molecule has 164 valence electrons. The van der Waals surface area contributed by atoms with Crippen molar-refractivity contribution in [3.05, 3.63) is 143 Å². The molecule has 0 bridgehead atoms. The average molecular weight is 445 g/mol. The van der Waals surface area contributed by atoms with E-state index >= 15 is 0 Å². The number of rotatable bonds is 0. The standard InChI is InChI=1S/C35H24/c1-21-11-15-27-31(19-21)35(29-17-13-23-7-3-5-9-25(23)33(27)29)30-18-14-24-8-4-6-10-26(24)34(30)28-16-12-22(2)20-32(28)35/h3-20H,1-2H3. The van der Waals surface area contributed by atoms with Gasteiger partial charge in [0.05, 0.1) is 5.41 Å². The molecule has 0 fully saturated rings. The smallest absolute Gasteiger partial charge is 0.0616 e. The van der Waals surface area contributed by atoms with Crippen molar-refractivity contribution in [2.45, 2.75) is 19.3 Å². The topological polar surface area (TPSA) is 0 Å². The molecule has 0 saturated heterocycles. The van der Waals surface area contributed by atoms with Crippen molar-refractivity contribution >= 4 is 21.5 Å². The Hall–Kier alpha value is -4.16. The molecule has 2 aliphatic carbocycles. The lowest BCUT2D eigenvalue weighted by Gasteiger charge is -2.31. The van der Waals surface area contributed by atoms with Crippen molar-refractivity contribution in [1.82, 2.24) is 0 Å². The summed E-state index contributed by atoms with van der Waals surface area (Å²) < 4.78 is 0. The number of benzene rings is 6. The van der Waals surface area contributed by atoms with Crippen molar-refractivity contribution in [1.29, 1.82) is 0 Å². The van der Waals surface area contributed by atoms with E-state index in [0.29, 0.717) is 0 Å². The van der Waals surface area contributed by atoms with Gasteiger partial charge in [-0.15, -0.1) is 0 Å². The maximum atomic E-state index is 2.44. The van der Waals surface area contributed by atoms with Gasteiger partial charge < -0.3 is 0 Å². The van der Waals surface area contributed by atoms with E-state index in [0.717, 1.165) is 0 Å². The van der Waals surface area contributed by atoms with Crippen LogP contribution in [0.1, 0.15) is 33.4 Å². The molecule has 0 aliphatic heterocycles. The molecule has 0 heteroatoms. The molecule has 0 saturated carbocycles. The van der Waals surface area contributed by atoms with Crippen LogP contribution in [0.15, 0.2) is 109 Å². The van der Waals surface area contributed by atoms with Gasteiger partial charge in [-0.3, -0.25) is 0 Å². The number of hydrogen-bond donors (Lipinski definition) is 0. The molecule has 0 aromatic heterocycles. The predicted molar refractivity (Wildman–Crippen MR) is 147 cm³/mol. The fraction of sp³-hybridized carbons (Fsp3) is 0.0857. The van der Waals surface area contributed by atoms with E-state index in [2.05, 4.69) is 123 Å². The zero-order valence-electron chi connectivity index (χ0n) is 19.9. The normalized spacial score (nSPS) is 14.2. The van der Waals surface area contributed by atoms with Crippen LogP contribution < -0.4 is 0 Å². The first-order valence-corrected chi connectivity index (χ1v) is 12.5. The van der Waals surface area contributed by atoms with Gasteiger partial charge in [0, 0.05) is 0 Å². The van der Waals surface area contributed by atoms with Crippen LogP contribution >= 0.6 is 0 Å². The summed E-state index contributed by atoms with van der Waals surface area (Å²) in [4.78, 5) is 0. The molecular formula is C35H24. The van der Waals surface area contributed by atoms with E-state index in [4.69, 9.17) is 0 Å². The van der Waals surface area contributed by atoms with Crippen LogP contribution in [0.4, 0.5) is 0 Å². The Balaban J connectivity index is 1.65. The summed E-state index contributed by atoms with van der Waals surface area (Å²) in [5.41, 5.74) is 13.5. The monoisotopic (exact) mass is 444 g/mol. The van der Waals surface area contributed by atoms with Gasteiger partial charge in [-0.25, -0.2) is 0 Å². The van der Waals surface area contributed by atoms with Gasteiger partial charge in [-0.2, -0.15) is 0 Å². The van der Waals surface area contributed by atoms with Crippen LogP contribution in [-0.2, 0) is 5.41 Å². The molecule has 1 spiro atoms. The van der Waals surface area contributed by atoms with E-state index in [-0.39, 0.29) is 5.41 Å². The first kappa shape index (κ1) is 19.2. The van der Waals surface area contributed by atoms with E-state index in [1.165, 1.54) is 77.2 Å². The second kappa shape index (κ2) is 6.49. The molecule has 0 heterocycles. The minimum Gasteiger partial charge on any atom is -0.0616 e. The third-order valence-corrected chi connectivity index (χ3v) is 8.36. The van der Waals surface area contributed by atoms with Crippen LogP contribution in [0.5, 0.6) is 0 Å². The first-order chi connectivity index (χ1) is 17.2. The van der Waals surface area contributed by atoms with Gasteiger partial charge in [0.1, 0.15) is 0 Å². The summed E-state index contributed by atoms with van der Waals surface area (Å²) in [5.74, 6) is 0. The Morgan fingerprint density at radius 2 is 0.886 bits per heavy atom. The Morgan fingerprint density at radius 1 is 0.429 bits per heavy atom. The molecule has 6 aromatic carbocycles. The molecule has 2 aliphatic rings. The summed E-state index contributed by atoms with van der Waals surface area (Å²) >= 11 is 0. The second-order valence-electron chi connectivity index (χ2n) is 10.3. The van der Waals surface area contributed by atoms with Crippen molar-refractivity contribution < 1.29 is 0 Å². The summed E-state index contributed by atoms with van der Waals surface area (Å²) in [7, 11) is 0. The van der Waals surface area contributed by atoms with Crippen molar-refractivity contribution in [2.24, 2.45) is 0 Å². The molecule has 0 unspecified atom stereocenters. The summed E-state index contributed by atoms with van der Waals surface area (Å²) in [5, 5.41) is 5.29. The highest BCUT2D eigenvalue weighted by atomic mass is 14.5. The molecule has 6 aromatic rings. The Bertz CT molecular complexity index is 1730. The van der Waals surface area contributed by atoms with E-state index in [9.17, 15) is 0 Å². The van der Waals surface area contributed by atoms with Crippen LogP contribution in [0.2, 0.25) is 0 Å². The summed E-state index contributed by atoms with van der Waals surface area (Å²) in [6, 6.07) is 41.3. The first-order valence-electron chi connectivity index (χ1n) is 12.5. The maximum absolute atomic E-state index is 2.44. The largest absolute Gasteiger partial charge is 0.0726 e. The number of aryl methyl sites for hydroxylation is 2. The fourth-order valence-electron chi connectivity index (χ4n) is 6.99. The molecule has 0 radical (unpaired) electrons.